The number of fused-ring (bicyclic) bond motifs is 1. The molecule has 1 atom stereocenters. The molecule has 1 heterocycles. The number of halogens is 4. The molecule has 0 spiro atoms. The Hall–Kier alpha value is -2.80. The van der Waals surface area contributed by atoms with E-state index < -0.39 is 11.7 Å². The number of hydrogen-bond donors (Lipinski definition) is 1. The molecule has 2 aromatic carbocycles. The number of ether oxygens (including phenoxy) is 1. The van der Waals surface area contributed by atoms with Gasteiger partial charge in [-0.3, -0.25) is 9.78 Å². The molecule has 174 valence electrons. The third-order valence-corrected chi connectivity index (χ3v) is 6.53. The molecule has 1 unspecified atom stereocenters. The van der Waals surface area contributed by atoms with E-state index in [2.05, 4.69) is 10.3 Å². The summed E-state index contributed by atoms with van der Waals surface area (Å²) in [4.78, 5) is 16.8. The number of anilines is 1. The number of rotatable bonds is 5. The average Bonchev–Trinajstić information content (AvgIpc) is 2.80. The standard InChI is InChI=1S/C25H24ClF3N2O2/c1-15(24(32)31-19-7-5-18(26)6-8-19)16-2-9-20(10-3-16)33-23-12-13-30-22-11-4-17(14-21(22)23)25(27,28)29/h4-8,11-16,20H,2-3,9-10H2,1H3,(H,31,32). The number of carbonyl (C=O) groups excluding carboxylic acids is 1. The normalized spacial score (nSPS) is 19.8. The summed E-state index contributed by atoms with van der Waals surface area (Å²) in [6.07, 6.45) is 0.0562. The quantitative estimate of drug-likeness (QED) is 0.426. The summed E-state index contributed by atoms with van der Waals surface area (Å²) in [6, 6.07) is 12.1. The van der Waals surface area contributed by atoms with Gasteiger partial charge in [0.1, 0.15) is 5.75 Å². The molecule has 0 radical (unpaired) electrons. The minimum atomic E-state index is -4.43. The van der Waals surface area contributed by atoms with Crippen molar-refractivity contribution in [3.8, 4) is 5.75 Å². The van der Waals surface area contributed by atoms with Gasteiger partial charge in [-0.25, -0.2) is 0 Å². The SMILES string of the molecule is CC(C(=O)Nc1ccc(Cl)cc1)C1CCC(Oc2ccnc3ccc(C(F)(F)F)cc23)CC1. The van der Waals surface area contributed by atoms with Crippen molar-refractivity contribution in [3.05, 3.63) is 65.3 Å². The van der Waals surface area contributed by atoms with Crippen molar-refractivity contribution in [2.75, 3.05) is 5.32 Å². The first-order valence-electron chi connectivity index (χ1n) is 10.9. The molecule has 1 aliphatic carbocycles. The Balaban J connectivity index is 1.37. The molecule has 1 aliphatic rings. The number of pyridine rings is 1. The molecule has 1 amide bonds. The Bertz CT molecular complexity index is 1130. The fourth-order valence-electron chi connectivity index (χ4n) is 4.29. The second-order valence-electron chi connectivity index (χ2n) is 8.48. The summed E-state index contributed by atoms with van der Waals surface area (Å²) in [6.45, 7) is 1.92. The molecular weight excluding hydrogens is 453 g/mol. The number of aromatic nitrogens is 1. The molecule has 0 aliphatic heterocycles. The van der Waals surface area contributed by atoms with Crippen LogP contribution in [0.4, 0.5) is 18.9 Å². The second kappa shape index (κ2) is 9.59. The Kier molecular flexibility index (Phi) is 6.79. The first-order chi connectivity index (χ1) is 15.7. The number of hydrogen-bond acceptors (Lipinski definition) is 3. The third kappa shape index (κ3) is 5.58. The van der Waals surface area contributed by atoms with Gasteiger partial charge in [-0.05, 0) is 80.1 Å². The lowest BCUT2D eigenvalue weighted by molar-refractivity contribution is -0.137. The van der Waals surface area contributed by atoms with E-state index in [4.69, 9.17) is 16.3 Å². The molecule has 1 aromatic heterocycles. The molecule has 33 heavy (non-hydrogen) atoms. The van der Waals surface area contributed by atoms with Crippen molar-refractivity contribution in [1.82, 2.24) is 4.98 Å². The Labute approximate surface area is 195 Å². The van der Waals surface area contributed by atoms with Crippen LogP contribution in [0.5, 0.6) is 5.75 Å². The van der Waals surface area contributed by atoms with Crippen LogP contribution in [0.25, 0.3) is 10.9 Å². The highest BCUT2D eigenvalue weighted by molar-refractivity contribution is 6.30. The minimum Gasteiger partial charge on any atom is -0.490 e. The van der Waals surface area contributed by atoms with Crippen LogP contribution in [0.1, 0.15) is 38.2 Å². The highest BCUT2D eigenvalue weighted by Gasteiger charge is 2.32. The first kappa shape index (κ1) is 23.4. The van der Waals surface area contributed by atoms with Crippen LogP contribution in [0.2, 0.25) is 5.02 Å². The predicted octanol–water partition coefficient (Wildman–Crippen LogP) is 7.12. The molecule has 4 nitrogen and oxygen atoms in total. The highest BCUT2D eigenvalue weighted by Crippen LogP contribution is 2.37. The van der Waals surface area contributed by atoms with Crippen molar-refractivity contribution in [3.63, 3.8) is 0 Å². The average molecular weight is 477 g/mol. The van der Waals surface area contributed by atoms with Crippen LogP contribution in [0.15, 0.2) is 54.7 Å². The maximum Gasteiger partial charge on any atom is 0.416 e. The Morgan fingerprint density at radius 2 is 1.79 bits per heavy atom. The van der Waals surface area contributed by atoms with Gasteiger partial charge in [0.05, 0.1) is 17.2 Å². The fraction of sp³-hybridized carbons (Fsp3) is 0.360. The zero-order valence-corrected chi connectivity index (χ0v) is 18.8. The van der Waals surface area contributed by atoms with Crippen LogP contribution in [0, 0.1) is 11.8 Å². The summed E-state index contributed by atoms with van der Waals surface area (Å²) in [5.74, 6) is 0.408. The lowest BCUT2D eigenvalue weighted by atomic mass is 9.79. The molecule has 8 heteroatoms. The Morgan fingerprint density at radius 1 is 1.09 bits per heavy atom. The van der Waals surface area contributed by atoms with Gasteiger partial charge in [-0.2, -0.15) is 13.2 Å². The number of benzene rings is 2. The van der Waals surface area contributed by atoms with Gasteiger partial charge in [0.15, 0.2) is 0 Å². The third-order valence-electron chi connectivity index (χ3n) is 6.27. The van der Waals surface area contributed by atoms with Crippen molar-refractivity contribution >= 4 is 34.1 Å². The van der Waals surface area contributed by atoms with E-state index >= 15 is 0 Å². The van der Waals surface area contributed by atoms with E-state index in [9.17, 15) is 18.0 Å². The number of nitrogens with one attached hydrogen (secondary N) is 1. The van der Waals surface area contributed by atoms with E-state index in [0.29, 0.717) is 27.4 Å². The van der Waals surface area contributed by atoms with Crippen LogP contribution < -0.4 is 10.1 Å². The smallest absolute Gasteiger partial charge is 0.416 e. The molecule has 1 N–H and O–H groups in total. The molecule has 0 bridgehead atoms. The topological polar surface area (TPSA) is 51.2 Å². The highest BCUT2D eigenvalue weighted by atomic mass is 35.5. The molecule has 1 fully saturated rings. The summed E-state index contributed by atoms with van der Waals surface area (Å²) in [7, 11) is 0. The summed E-state index contributed by atoms with van der Waals surface area (Å²) in [5.41, 5.74) is 0.440. The largest absolute Gasteiger partial charge is 0.490 e. The van der Waals surface area contributed by atoms with Crippen molar-refractivity contribution in [1.29, 1.82) is 0 Å². The fourth-order valence-corrected chi connectivity index (χ4v) is 4.42. The maximum atomic E-state index is 13.1. The summed E-state index contributed by atoms with van der Waals surface area (Å²) < 4.78 is 45.5. The summed E-state index contributed by atoms with van der Waals surface area (Å²) >= 11 is 5.89. The lowest BCUT2D eigenvalue weighted by Gasteiger charge is -2.32. The monoisotopic (exact) mass is 476 g/mol. The number of nitrogens with zero attached hydrogens (tertiary/aromatic N) is 1. The molecule has 1 saturated carbocycles. The Morgan fingerprint density at radius 3 is 2.45 bits per heavy atom. The van der Waals surface area contributed by atoms with E-state index in [1.807, 2.05) is 6.92 Å². The zero-order chi connectivity index (χ0) is 23.6. The van der Waals surface area contributed by atoms with Crippen molar-refractivity contribution < 1.29 is 22.7 Å². The van der Waals surface area contributed by atoms with E-state index in [0.717, 1.165) is 37.8 Å². The van der Waals surface area contributed by atoms with Gasteiger partial charge < -0.3 is 10.1 Å². The van der Waals surface area contributed by atoms with Crippen molar-refractivity contribution in [2.45, 2.75) is 44.9 Å². The van der Waals surface area contributed by atoms with Crippen LogP contribution in [-0.2, 0) is 11.0 Å². The number of amides is 1. The van der Waals surface area contributed by atoms with Crippen LogP contribution in [0.3, 0.4) is 0 Å². The van der Waals surface area contributed by atoms with Gasteiger partial charge in [-0.1, -0.05) is 18.5 Å². The number of carbonyl (C=O) groups is 1. The maximum absolute atomic E-state index is 13.1. The van der Waals surface area contributed by atoms with Gasteiger partial charge >= 0.3 is 6.18 Å². The first-order valence-corrected chi connectivity index (χ1v) is 11.3. The zero-order valence-electron chi connectivity index (χ0n) is 18.0. The van der Waals surface area contributed by atoms with E-state index in [1.54, 1.807) is 36.5 Å². The molecule has 0 saturated heterocycles. The lowest BCUT2D eigenvalue weighted by Crippen LogP contribution is -2.32. The van der Waals surface area contributed by atoms with Gasteiger partial charge in [-0.15, -0.1) is 0 Å². The summed E-state index contributed by atoms with van der Waals surface area (Å²) in [5, 5.41) is 3.89. The van der Waals surface area contributed by atoms with Gasteiger partial charge in [0.25, 0.3) is 0 Å². The van der Waals surface area contributed by atoms with Gasteiger partial charge in [0.2, 0.25) is 5.91 Å². The molecule has 4 rings (SSSR count). The van der Waals surface area contributed by atoms with Crippen LogP contribution >= 0.6 is 11.6 Å². The van der Waals surface area contributed by atoms with Crippen LogP contribution in [-0.4, -0.2) is 17.0 Å². The van der Waals surface area contributed by atoms with E-state index in [-0.39, 0.29) is 23.8 Å². The van der Waals surface area contributed by atoms with Crippen molar-refractivity contribution in [2.24, 2.45) is 11.8 Å². The van der Waals surface area contributed by atoms with E-state index in [1.165, 1.54) is 6.07 Å². The molecule has 3 aromatic rings. The minimum absolute atomic E-state index is 0.0403. The second-order valence-corrected chi connectivity index (χ2v) is 8.91. The number of alkyl halides is 3. The predicted molar refractivity (Wildman–Crippen MR) is 122 cm³/mol. The molecular formula is C25H24ClF3N2O2. The van der Waals surface area contributed by atoms with Gasteiger partial charge in [0, 0.05) is 28.2 Å².